The Morgan fingerprint density at radius 3 is 2.61 bits per heavy atom. The van der Waals surface area contributed by atoms with Gasteiger partial charge in [-0.2, -0.15) is 0 Å². The fraction of sp³-hybridized carbons (Fsp3) is 0.217. The number of fused-ring (bicyclic) bond motifs is 1. The number of nitrogens with zero attached hydrogens (tertiary/aromatic N) is 3. The minimum absolute atomic E-state index is 0.0647. The van der Waals surface area contributed by atoms with Gasteiger partial charge in [0.1, 0.15) is 10.8 Å². The van der Waals surface area contributed by atoms with E-state index in [9.17, 15) is 8.78 Å². The molecule has 3 N–H and O–H groups in total. The lowest BCUT2D eigenvalue weighted by molar-refractivity contribution is 0.423. The first-order valence-corrected chi connectivity index (χ1v) is 11.3. The molecule has 0 spiro atoms. The van der Waals surface area contributed by atoms with Crippen molar-refractivity contribution in [1.82, 2.24) is 20.3 Å². The highest BCUT2D eigenvalue weighted by molar-refractivity contribution is 9.10. The molecule has 0 unspecified atom stereocenters. The fourth-order valence-corrected chi connectivity index (χ4v) is 4.22. The summed E-state index contributed by atoms with van der Waals surface area (Å²) in [6.07, 6.45) is 1.30. The van der Waals surface area contributed by atoms with E-state index in [1.807, 2.05) is 24.3 Å². The number of H-pyrrole nitrogens is 1. The van der Waals surface area contributed by atoms with Crippen molar-refractivity contribution in [3.63, 3.8) is 0 Å². The lowest BCUT2D eigenvalue weighted by atomic mass is 10.2. The molecule has 0 bridgehead atoms. The van der Waals surface area contributed by atoms with Crippen LogP contribution >= 0.6 is 15.9 Å². The van der Waals surface area contributed by atoms with Crippen molar-refractivity contribution in [2.45, 2.75) is 6.92 Å². The zero-order chi connectivity index (χ0) is 22.9. The molecule has 33 heavy (non-hydrogen) atoms. The van der Waals surface area contributed by atoms with Crippen LogP contribution in [-0.2, 0) is 0 Å². The van der Waals surface area contributed by atoms with Crippen molar-refractivity contribution in [3.8, 4) is 11.6 Å². The van der Waals surface area contributed by atoms with Gasteiger partial charge < -0.3 is 25.3 Å². The third-order valence-corrected chi connectivity index (χ3v) is 6.19. The number of rotatable bonds is 5. The standard InChI is InChI=1S/C23H21BrF2N6O/c1-13-10-16-20(26)18(11-17(25)21(16)30-13)33-23-19(24)22(28-12-29-23)31-14-2-4-15(5-3-14)32-8-6-27-7-9-32/h2-5,10-12,27,30H,6-9H2,1H3,(H,28,29,31). The van der Waals surface area contributed by atoms with Gasteiger partial charge in [0, 0.05) is 54.7 Å². The van der Waals surface area contributed by atoms with Crippen molar-refractivity contribution in [2.24, 2.45) is 0 Å². The molecule has 5 rings (SSSR count). The molecule has 10 heteroatoms. The predicted octanol–water partition coefficient (Wildman–Crippen LogP) is 5.25. The molecular weight excluding hydrogens is 494 g/mol. The minimum atomic E-state index is -0.667. The van der Waals surface area contributed by atoms with Gasteiger partial charge in [-0.1, -0.05) is 0 Å². The molecule has 4 aromatic rings. The zero-order valence-electron chi connectivity index (χ0n) is 17.8. The highest BCUT2D eigenvalue weighted by atomic mass is 79.9. The van der Waals surface area contributed by atoms with Crippen LogP contribution in [0.3, 0.4) is 0 Å². The third kappa shape index (κ3) is 4.36. The topological polar surface area (TPSA) is 78.1 Å². The first kappa shape index (κ1) is 21.6. The van der Waals surface area contributed by atoms with Gasteiger partial charge in [0.25, 0.3) is 0 Å². The molecule has 170 valence electrons. The Labute approximate surface area is 197 Å². The Bertz CT molecular complexity index is 1300. The molecule has 1 saturated heterocycles. The second-order valence-corrected chi connectivity index (χ2v) is 8.56. The fourth-order valence-electron chi connectivity index (χ4n) is 3.84. The normalized spacial score (nSPS) is 14.0. The number of aromatic amines is 1. The Kier molecular flexibility index (Phi) is 5.86. The van der Waals surface area contributed by atoms with Crippen LogP contribution in [0.1, 0.15) is 5.69 Å². The van der Waals surface area contributed by atoms with Crippen molar-refractivity contribution in [3.05, 3.63) is 64.5 Å². The highest BCUT2D eigenvalue weighted by Gasteiger charge is 2.19. The Balaban J connectivity index is 1.37. The van der Waals surface area contributed by atoms with Crippen LogP contribution in [0.25, 0.3) is 10.9 Å². The average molecular weight is 515 g/mol. The van der Waals surface area contributed by atoms with Crippen molar-refractivity contribution >= 4 is 44.0 Å². The first-order valence-electron chi connectivity index (χ1n) is 10.5. The maximum Gasteiger partial charge on any atom is 0.239 e. The molecule has 1 aliphatic rings. The summed E-state index contributed by atoms with van der Waals surface area (Å²) in [7, 11) is 0. The molecule has 0 aliphatic carbocycles. The average Bonchev–Trinajstić information content (AvgIpc) is 3.23. The molecule has 7 nitrogen and oxygen atoms in total. The quantitative estimate of drug-likeness (QED) is 0.337. The van der Waals surface area contributed by atoms with Crippen LogP contribution in [0, 0.1) is 18.6 Å². The number of hydrogen-bond donors (Lipinski definition) is 3. The van der Waals surface area contributed by atoms with Gasteiger partial charge in [-0.15, -0.1) is 0 Å². The summed E-state index contributed by atoms with van der Waals surface area (Å²) < 4.78 is 35.4. The first-order chi connectivity index (χ1) is 16.0. The van der Waals surface area contributed by atoms with E-state index in [2.05, 4.69) is 46.4 Å². The van der Waals surface area contributed by atoms with Gasteiger partial charge in [0.05, 0.1) is 5.52 Å². The Hall–Kier alpha value is -3.24. The van der Waals surface area contributed by atoms with Crippen LogP contribution in [0.15, 0.2) is 47.2 Å². The molecule has 0 radical (unpaired) electrons. The van der Waals surface area contributed by atoms with Crippen LogP contribution < -0.4 is 20.3 Å². The second kappa shape index (κ2) is 8.95. The van der Waals surface area contributed by atoms with Gasteiger partial charge in [0.2, 0.25) is 5.88 Å². The van der Waals surface area contributed by atoms with E-state index < -0.39 is 11.6 Å². The second-order valence-electron chi connectivity index (χ2n) is 7.76. The molecule has 2 aromatic heterocycles. The maximum absolute atomic E-state index is 14.9. The zero-order valence-corrected chi connectivity index (χ0v) is 19.3. The van der Waals surface area contributed by atoms with Crippen LogP contribution in [0.5, 0.6) is 11.6 Å². The molecule has 0 saturated carbocycles. The van der Waals surface area contributed by atoms with Crippen LogP contribution in [0.4, 0.5) is 26.0 Å². The van der Waals surface area contributed by atoms with E-state index >= 15 is 0 Å². The summed E-state index contributed by atoms with van der Waals surface area (Å²) in [6.45, 7) is 5.61. The third-order valence-electron chi connectivity index (χ3n) is 5.48. The smallest absolute Gasteiger partial charge is 0.239 e. The number of hydrogen-bond acceptors (Lipinski definition) is 6. The molecule has 2 aromatic carbocycles. The number of piperazine rings is 1. The molecule has 0 atom stereocenters. The number of halogens is 3. The lowest BCUT2D eigenvalue weighted by Gasteiger charge is -2.29. The van der Waals surface area contributed by atoms with E-state index in [-0.39, 0.29) is 22.5 Å². The summed E-state index contributed by atoms with van der Waals surface area (Å²) in [4.78, 5) is 13.5. The van der Waals surface area contributed by atoms with Gasteiger partial charge >= 0.3 is 0 Å². The summed E-state index contributed by atoms with van der Waals surface area (Å²) in [5, 5.41) is 6.67. The summed E-state index contributed by atoms with van der Waals surface area (Å²) in [6, 6.07) is 10.6. The molecule has 0 amide bonds. The van der Waals surface area contributed by atoms with Crippen LogP contribution in [0.2, 0.25) is 0 Å². The molecule has 3 heterocycles. The predicted molar refractivity (Wildman–Crippen MR) is 128 cm³/mol. The van der Waals surface area contributed by atoms with Crippen molar-refractivity contribution < 1.29 is 13.5 Å². The Morgan fingerprint density at radius 1 is 1.09 bits per heavy atom. The number of anilines is 3. The monoisotopic (exact) mass is 514 g/mol. The minimum Gasteiger partial charge on any atom is -0.434 e. The largest absolute Gasteiger partial charge is 0.434 e. The number of benzene rings is 2. The van der Waals surface area contributed by atoms with E-state index in [0.29, 0.717) is 16.0 Å². The lowest BCUT2D eigenvalue weighted by Crippen LogP contribution is -2.43. The van der Waals surface area contributed by atoms with Gasteiger partial charge in [-0.25, -0.2) is 18.7 Å². The van der Waals surface area contributed by atoms with Crippen molar-refractivity contribution in [1.29, 1.82) is 0 Å². The molecule has 1 aliphatic heterocycles. The number of aryl methyl sites for hydroxylation is 1. The van der Waals surface area contributed by atoms with Gasteiger partial charge in [-0.3, -0.25) is 0 Å². The number of nitrogens with one attached hydrogen (secondary N) is 3. The summed E-state index contributed by atoms with van der Waals surface area (Å²) in [5.41, 5.74) is 2.73. The van der Waals surface area contributed by atoms with Crippen LogP contribution in [-0.4, -0.2) is 41.1 Å². The van der Waals surface area contributed by atoms with E-state index in [0.717, 1.165) is 43.6 Å². The SMILES string of the molecule is Cc1cc2c(F)c(Oc3ncnc(Nc4ccc(N5CCNCC5)cc4)c3Br)cc(F)c2[nH]1. The van der Waals surface area contributed by atoms with E-state index in [4.69, 9.17) is 4.74 Å². The van der Waals surface area contributed by atoms with E-state index in [1.54, 1.807) is 6.92 Å². The Morgan fingerprint density at radius 2 is 1.85 bits per heavy atom. The number of ether oxygens (including phenoxy) is 1. The summed E-state index contributed by atoms with van der Waals surface area (Å²) in [5.74, 6) is -1.03. The van der Waals surface area contributed by atoms with Gasteiger partial charge in [0.15, 0.2) is 23.2 Å². The molecular formula is C23H21BrF2N6O. The summed E-state index contributed by atoms with van der Waals surface area (Å²) >= 11 is 3.42. The molecule has 1 fully saturated rings. The van der Waals surface area contributed by atoms with Crippen molar-refractivity contribution in [2.75, 3.05) is 36.4 Å². The van der Waals surface area contributed by atoms with Gasteiger partial charge in [-0.05, 0) is 53.2 Å². The maximum atomic E-state index is 14.9. The highest BCUT2D eigenvalue weighted by Crippen LogP contribution is 2.37. The number of aromatic nitrogens is 3. The van der Waals surface area contributed by atoms with E-state index in [1.165, 1.54) is 12.4 Å².